The van der Waals surface area contributed by atoms with E-state index < -0.39 is 11.4 Å². The van der Waals surface area contributed by atoms with Crippen LogP contribution in [-0.4, -0.2) is 15.3 Å². The third-order valence-electron chi connectivity index (χ3n) is 2.45. The van der Waals surface area contributed by atoms with E-state index in [2.05, 4.69) is 11.6 Å². The number of hydrogen-bond acceptors (Lipinski definition) is 2. The maximum atomic E-state index is 11.8. The average Bonchev–Trinajstić information content (AvgIpc) is 2.80. The van der Waals surface area contributed by atoms with Crippen molar-refractivity contribution in [3.05, 3.63) is 0 Å². The molecule has 3 heteroatoms. The van der Waals surface area contributed by atoms with E-state index in [4.69, 9.17) is 0 Å². The second kappa shape index (κ2) is 4.20. The lowest BCUT2D eigenvalue weighted by atomic mass is 10.1. The van der Waals surface area contributed by atoms with Crippen molar-refractivity contribution in [2.45, 2.75) is 57.7 Å². The average molecular weight is 203 g/mol. The summed E-state index contributed by atoms with van der Waals surface area (Å²) in [6.45, 7) is 8.19. The van der Waals surface area contributed by atoms with Crippen LogP contribution in [0.4, 0.5) is 0 Å². The van der Waals surface area contributed by atoms with Crippen LogP contribution in [0.5, 0.6) is 0 Å². The fourth-order valence-electron chi connectivity index (χ4n) is 1.33. The highest BCUT2D eigenvalue weighted by atomic mass is 32.2. The van der Waals surface area contributed by atoms with Gasteiger partial charge in [-0.3, -0.25) is 0 Å². The third kappa shape index (κ3) is 3.49. The van der Waals surface area contributed by atoms with Gasteiger partial charge in [-0.15, -0.1) is 4.72 Å². The Hall–Kier alpha value is 0.270. The molecule has 1 saturated carbocycles. The molecule has 0 aromatic heterocycles. The van der Waals surface area contributed by atoms with Crippen LogP contribution in [0, 0.1) is 5.92 Å². The van der Waals surface area contributed by atoms with Crippen LogP contribution < -0.4 is 4.72 Å². The lowest BCUT2D eigenvalue weighted by Crippen LogP contribution is -2.45. The largest absolute Gasteiger partial charge is 0.598 e. The highest BCUT2D eigenvalue weighted by Gasteiger charge is 2.36. The summed E-state index contributed by atoms with van der Waals surface area (Å²) in [6.07, 6.45) is 3.71. The smallest absolute Gasteiger partial charge is 0.136 e. The summed E-state index contributed by atoms with van der Waals surface area (Å²) in [5.41, 5.74) is 0. The Morgan fingerprint density at radius 1 is 1.46 bits per heavy atom. The lowest BCUT2D eigenvalue weighted by Gasteiger charge is -2.27. The molecule has 0 heterocycles. The van der Waals surface area contributed by atoms with Gasteiger partial charge in [0.05, 0.1) is 6.04 Å². The Morgan fingerprint density at radius 3 is 2.31 bits per heavy atom. The van der Waals surface area contributed by atoms with Crippen molar-refractivity contribution < 1.29 is 4.55 Å². The Kier molecular flexibility index (Phi) is 3.66. The molecule has 0 aromatic carbocycles. The minimum atomic E-state index is -0.898. The standard InChI is InChI=1S/C10H21NOS/c1-5-9(8-6-7-8)11-13(12)10(2,3)4/h8-9,11H,5-7H2,1-4H3/t9-,13+/m1/s1. The zero-order valence-corrected chi connectivity index (χ0v) is 9.91. The number of rotatable bonds is 4. The maximum Gasteiger partial charge on any atom is 0.136 e. The first kappa shape index (κ1) is 11.3. The first-order valence-electron chi connectivity index (χ1n) is 5.13. The van der Waals surface area contributed by atoms with Gasteiger partial charge in [-0.1, -0.05) is 6.92 Å². The predicted molar refractivity (Wildman–Crippen MR) is 57.8 cm³/mol. The predicted octanol–water partition coefficient (Wildman–Crippen LogP) is 2.23. The molecule has 0 bridgehead atoms. The number of nitrogens with one attached hydrogen (secondary N) is 1. The fourth-order valence-corrected chi connectivity index (χ4v) is 2.31. The Labute approximate surface area is 84.8 Å². The highest BCUT2D eigenvalue weighted by molar-refractivity contribution is 7.90. The zero-order chi connectivity index (χ0) is 10.1. The summed E-state index contributed by atoms with van der Waals surface area (Å²) < 4.78 is 14.9. The molecule has 0 amide bonds. The van der Waals surface area contributed by atoms with Gasteiger partial charge in [-0.2, -0.15) is 0 Å². The van der Waals surface area contributed by atoms with Crippen molar-refractivity contribution in [2.24, 2.45) is 5.92 Å². The van der Waals surface area contributed by atoms with Crippen molar-refractivity contribution in [1.82, 2.24) is 4.72 Å². The molecule has 2 atom stereocenters. The molecular weight excluding hydrogens is 182 g/mol. The van der Waals surface area contributed by atoms with E-state index in [-0.39, 0.29) is 4.75 Å². The summed E-state index contributed by atoms with van der Waals surface area (Å²) >= 11 is -0.898. The molecule has 0 radical (unpaired) electrons. The van der Waals surface area contributed by atoms with E-state index in [0.717, 1.165) is 12.3 Å². The van der Waals surface area contributed by atoms with Gasteiger partial charge in [0.15, 0.2) is 0 Å². The van der Waals surface area contributed by atoms with Crippen molar-refractivity contribution in [3.8, 4) is 0 Å². The third-order valence-corrected chi connectivity index (χ3v) is 4.07. The molecule has 1 aliphatic rings. The first-order valence-corrected chi connectivity index (χ1v) is 6.28. The summed E-state index contributed by atoms with van der Waals surface area (Å²) in [7, 11) is 0. The van der Waals surface area contributed by atoms with Gasteiger partial charge in [-0.25, -0.2) is 0 Å². The molecule has 13 heavy (non-hydrogen) atoms. The molecule has 0 saturated heterocycles. The van der Waals surface area contributed by atoms with Crippen LogP contribution in [0.15, 0.2) is 0 Å². The van der Waals surface area contributed by atoms with Crippen molar-refractivity contribution in [1.29, 1.82) is 0 Å². The van der Waals surface area contributed by atoms with E-state index in [0.29, 0.717) is 6.04 Å². The molecule has 0 aromatic rings. The maximum absolute atomic E-state index is 11.8. The topological polar surface area (TPSA) is 35.1 Å². The monoisotopic (exact) mass is 203 g/mol. The van der Waals surface area contributed by atoms with Crippen LogP contribution in [0.25, 0.3) is 0 Å². The molecule has 0 unspecified atom stereocenters. The van der Waals surface area contributed by atoms with Gasteiger partial charge >= 0.3 is 0 Å². The molecular formula is C10H21NOS. The highest BCUT2D eigenvalue weighted by Crippen LogP contribution is 2.34. The van der Waals surface area contributed by atoms with Crippen LogP contribution in [0.2, 0.25) is 0 Å². The summed E-state index contributed by atoms with van der Waals surface area (Å²) in [6, 6.07) is 0.472. The molecule has 1 fully saturated rings. The molecule has 0 spiro atoms. The van der Waals surface area contributed by atoms with Crippen LogP contribution in [0.3, 0.4) is 0 Å². The van der Waals surface area contributed by atoms with Crippen LogP contribution in [0.1, 0.15) is 47.0 Å². The lowest BCUT2D eigenvalue weighted by molar-refractivity contribution is 0.484. The van der Waals surface area contributed by atoms with Gasteiger partial charge in [0, 0.05) is 11.4 Å². The SMILES string of the molecule is CC[C@@H](N[S@@+]([O-])C(C)(C)C)C1CC1. The van der Waals surface area contributed by atoms with Crippen molar-refractivity contribution in [3.63, 3.8) is 0 Å². The van der Waals surface area contributed by atoms with E-state index in [1.807, 2.05) is 20.8 Å². The Morgan fingerprint density at radius 2 is 2.00 bits per heavy atom. The second-order valence-electron chi connectivity index (χ2n) is 4.85. The quantitative estimate of drug-likeness (QED) is 0.711. The van der Waals surface area contributed by atoms with Crippen molar-refractivity contribution >= 4 is 11.4 Å². The minimum Gasteiger partial charge on any atom is -0.598 e. The molecule has 1 aliphatic carbocycles. The van der Waals surface area contributed by atoms with Gasteiger partial charge in [-0.05, 0) is 46.0 Å². The molecule has 1 rings (SSSR count). The molecule has 78 valence electrons. The Bertz CT molecular complexity index is 163. The van der Waals surface area contributed by atoms with E-state index in [1.165, 1.54) is 12.8 Å². The van der Waals surface area contributed by atoms with Gasteiger partial charge in [0.25, 0.3) is 0 Å². The molecule has 1 N–H and O–H groups in total. The van der Waals surface area contributed by atoms with E-state index in [1.54, 1.807) is 0 Å². The van der Waals surface area contributed by atoms with E-state index in [9.17, 15) is 4.55 Å². The normalized spacial score (nSPS) is 22.8. The molecule has 2 nitrogen and oxygen atoms in total. The second-order valence-corrected chi connectivity index (χ2v) is 6.85. The fraction of sp³-hybridized carbons (Fsp3) is 1.00. The molecule has 0 aliphatic heterocycles. The number of hydrogen-bond donors (Lipinski definition) is 1. The van der Waals surface area contributed by atoms with Gasteiger partial charge < -0.3 is 4.55 Å². The van der Waals surface area contributed by atoms with Crippen molar-refractivity contribution in [2.75, 3.05) is 0 Å². The van der Waals surface area contributed by atoms with Crippen LogP contribution in [-0.2, 0) is 11.4 Å². The van der Waals surface area contributed by atoms with Gasteiger partial charge in [0.1, 0.15) is 4.75 Å². The summed E-state index contributed by atoms with van der Waals surface area (Å²) in [5, 5.41) is 0. The van der Waals surface area contributed by atoms with E-state index >= 15 is 0 Å². The summed E-state index contributed by atoms with van der Waals surface area (Å²) in [5.74, 6) is 0.788. The van der Waals surface area contributed by atoms with Crippen LogP contribution >= 0.6 is 0 Å². The minimum absolute atomic E-state index is 0.137. The van der Waals surface area contributed by atoms with Gasteiger partial charge in [0.2, 0.25) is 0 Å². The first-order chi connectivity index (χ1) is 5.95. The zero-order valence-electron chi connectivity index (χ0n) is 9.09. The summed E-state index contributed by atoms with van der Waals surface area (Å²) in [4.78, 5) is 0. The Balaban J connectivity index is 2.36.